The van der Waals surface area contributed by atoms with Gasteiger partial charge in [0.15, 0.2) is 0 Å². The number of aromatic nitrogens is 1. The summed E-state index contributed by atoms with van der Waals surface area (Å²) in [5.41, 5.74) is 21.0. The van der Waals surface area contributed by atoms with Crippen molar-refractivity contribution in [2.24, 2.45) is 0 Å². The fourth-order valence-corrected chi connectivity index (χ4v) is 16.2. The Bertz CT molecular complexity index is 4260. The smallest absolute Gasteiger partial charge is 0.211 e. The lowest BCUT2D eigenvalue weighted by Gasteiger charge is -2.42. The largest absolute Gasteiger partial charge is 0.455 e. The highest BCUT2D eigenvalue weighted by atomic mass is 32.1. The number of nitrogens with zero attached hydrogens (tertiary/aromatic N) is 1. The summed E-state index contributed by atoms with van der Waals surface area (Å²) in [5.74, 6) is 0. The van der Waals surface area contributed by atoms with Crippen LogP contribution in [0.1, 0.15) is 156 Å². The molecule has 1 aliphatic heterocycles. The highest BCUT2D eigenvalue weighted by Crippen LogP contribution is 2.55. The minimum absolute atomic E-state index is 0.0120. The number of hydrogen-bond acceptors (Lipinski definition) is 4. The SMILES string of the molecule is CC(C)(C)c1ccc(Nc2cc3sc4cc5c(cc4c3cc2-c2c3c4c(c6cc7c(cc6n4-c4c(sc6ccc(C(C)(C)C)cc46)B3)C(C)(C)CCC7(C)C)c3oc4ccccc4c23)C(C)(C)CCC5(C)C)cc1. The van der Waals surface area contributed by atoms with Crippen molar-refractivity contribution >= 4 is 126 Å². The first-order chi connectivity index (χ1) is 34.9. The molecule has 0 saturated heterocycles. The quantitative estimate of drug-likeness (QED) is 0.179. The number of benzene rings is 7. The van der Waals surface area contributed by atoms with Crippen molar-refractivity contribution in [3.8, 4) is 16.8 Å². The summed E-state index contributed by atoms with van der Waals surface area (Å²) in [4.78, 5) is 0. The molecule has 14 rings (SSSR count). The van der Waals surface area contributed by atoms with E-state index in [1.165, 1.54) is 136 Å². The summed E-state index contributed by atoms with van der Waals surface area (Å²) in [7, 11) is 0.826. The summed E-state index contributed by atoms with van der Waals surface area (Å²) < 4.78 is 15.6. The van der Waals surface area contributed by atoms with E-state index in [1.807, 2.05) is 22.7 Å². The number of para-hydroxylation sites is 1. The predicted molar refractivity (Wildman–Crippen MR) is 326 cm³/mol. The topological polar surface area (TPSA) is 30.1 Å². The molecule has 0 spiro atoms. The minimum atomic E-state index is 0.0120. The lowest BCUT2D eigenvalue weighted by Crippen LogP contribution is -2.35. The first-order valence-corrected chi connectivity index (χ1v) is 29.0. The third kappa shape index (κ3) is 6.62. The summed E-state index contributed by atoms with van der Waals surface area (Å²) in [5, 5.41) is 13.1. The predicted octanol–water partition coefficient (Wildman–Crippen LogP) is 18.7. The molecule has 11 aromatic rings. The second kappa shape index (κ2) is 15.0. The van der Waals surface area contributed by atoms with E-state index in [1.54, 1.807) is 0 Å². The summed E-state index contributed by atoms with van der Waals surface area (Å²) in [6, 6.07) is 40.8. The van der Waals surface area contributed by atoms with Crippen molar-refractivity contribution in [3.63, 3.8) is 0 Å². The maximum absolute atomic E-state index is 7.45. The molecule has 3 aliphatic rings. The molecule has 6 heteroatoms. The Morgan fingerprint density at radius 3 is 1.78 bits per heavy atom. The highest BCUT2D eigenvalue weighted by molar-refractivity contribution is 7.29. The standard InChI is InChI=1S/C68H69BN2OS2/c1-63(2,3)36-19-22-38(23-20-36)70-49-35-54-40(41-31-45-48(34-53(41)73-54)68(13,14)28-26-65(45,7)8)30-42(49)55-56-39-17-15-16-18-51(39)72-61(56)57-43-32-46-47(67(11,12)27-25-66(46,9)10)33-50(43)71-59-44-29-37(64(4,5)6)21-24-52(44)74-62(59)69-58(55)60(57)71/h15-24,29-35,69-70H,25-28H2,1-14H3. The van der Waals surface area contributed by atoms with E-state index >= 15 is 0 Å². The van der Waals surface area contributed by atoms with Crippen LogP contribution in [0.3, 0.4) is 0 Å². The molecular weight excluding hydrogens is 936 g/mol. The van der Waals surface area contributed by atoms with Gasteiger partial charge in [-0.15, -0.1) is 22.7 Å². The molecule has 0 bridgehead atoms. The van der Waals surface area contributed by atoms with Crippen molar-refractivity contribution in [1.29, 1.82) is 0 Å². The molecule has 0 amide bonds. The Labute approximate surface area is 445 Å². The Balaban J connectivity index is 1.16. The van der Waals surface area contributed by atoms with Crippen LogP contribution in [0.2, 0.25) is 0 Å². The summed E-state index contributed by atoms with van der Waals surface area (Å²) in [6.45, 7) is 33.7. The van der Waals surface area contributed by atoms with Crippen molar-refractivity contribution in [2.75, 3.05) is 5.32 Å². The molecule has 0 atom stereocenters. The molecule has 0 radical (unpaired) electrons. The van der Waals surface area contributed by atoms with Gasteiger partial charge >= 0.3 is 0 Å². The first kappa shape index (κ1) is 46.7. The zero-order valence-corrected chi connectivity index (χ0v) is 47.7. The van der Waals surface area contributed by atoms with Crippen LogP contribution < -0.4 is 15.6 Å². The molecule has 2 aliphatic carbocycles. The number of hydrogen-bond donors (Lipinski definition) is 1. The van der Waals surface area contributed by atoms with E-state index < -0.39 is 0 Å². The zero-order valence-electron chi connectivity index (χ0n) is 46.0. The molecule has 372 valence electrons. The highest BCUT2D eigenvalue weighted by Gasteiger charge is 2.41. The van der Waals surface area contributed by atoms with Crippen LogP contribution in [-0.2, 0) is 32.5 Å². The number of nitrogens with one attached hydrogen (secondary N) is 1. The summed E-state index contributed by atoms with van der Waals surface area (Å²) >= 11 is 3.95. The van der Waals surface area contributed by atoms with Gasteiger partial charge < -0.3 is 14.3 Å². The van der Waals surface area contributed by atoms with E-state index in [-0.39, 0.29) is 32.5 Å². The Hall–Kier alpha value is -5.82. The molecule has 74 heavy (non-hydrogen) atoms. The van der Waals surface area contributed by atoms with Gasteiger partial charge in [0.1, 0.15) is 11.2 Å². The monoisotopic (exact) mass is 1000 g/mol. The second-order valence-electron chi connectivity index (χ2n) is 27.5. The van der Waals surface area contributed by atoms with Gasteiger partial charge in [0.2, 0.25) is 7.28 Å². The maximum atomic E-state index is 7.45. The van der Waals surface area contributed by atoms with Crippen LogP contribution in [0.25, 0.3) is 90.8 Å². The molecule has 7 aromatic carbocycles. The molecular formula is C68H69BN2OS2. The number of rotatable bonds is 3. The van der Waals surface area contributed by atoms with E-state index in [9.17, 15) is 0 Å². The minimum Gasteiger partial charge on any atom is -0.455 e. The Kier molecular flexibility index (Phi) is 9.45. The average Bonchev–Trinajstić information content (AvgIpc) is 4.11. The number of fused-ring (bicyclic) bond motifs is 16. The van der Waals surface area contributed by atoms with Crippen molar-refractivity contribution in [3.05, 3.63) is 137 Å². The molecule has 0 saturated carbocycles. The van der Waals surface area contributed by atoms with Gasteiger partial charge in [-0.25, -0.2) is 0 Å². The average molecular weight is 1010 g/mol. The van der Waals surface area contributed by atoms with Gasteiger partial charge in [-0.2, -0.15) is 0 Å². The molecule has 0 fully saturated rings. The second-order valence-corrected chi connectivity index (χ2v) is 29.7. The third-order valence-electron chi connectivity index (χ3n) is 18.6. The molecule has 3 nitrogen and oxygen atoms in total. The summed E-state index contributed by atoms with van der Waals surface area (Å²) in [6.07, 6.45) is 4.71. The Morgan fingerprint density at radius 1 is 0.541 bits per heavy atom. The van der Waals surface area contributed by atoms with E-state index in [0.717, 1.165) is 42.7 Å². The number of furan rings is 1. The fourth-order valence-electron chi connectivity index (χ4n) is 13.8. The van der Waals surface area contributed by atoms with Gasteiger partial charge in [-0.3, -0.25) is 0 Å². The van der Waals surface area contributed by atoms with Gasteiger partial charge in [0.05, 0.1) is 22.1 Å². The van der Waals surface area contributed by atoms with Gasteiger partial charge in [0.25, 0.3) is 0 Å². The van der Waals surface area contributed by atoms with E-state index in [0.29, 0.717) is 0 Å². The van der Waals surface area contributed by atoms with Crippen LogP contribution in [0, 0.1) is 0 Å². The van der Waals surface area contributed by atoms with Crippen LogP contribution in [0.4, 0.5) is 11.4 Å². The lowest BCUT2D eigenvalue weighted by molar-refractivity contribution is 0.332. The number of thiophene rings is 2. The molecule has 0 unspecified atom stereocenters. The molecule has 4 aromatic heterocycles. The van der Waals surface area contributed by atoms with Crippen LogP contribution >= 0.6 is 22.7 Å². The van der Waals surface area contributed by atoms with E-state index in [2.05, 4.69) is 210 Å². The van der Waals surface area contributed by atoms with Crippen molar-refractivity contribution in [1.82, 2.24) is 4.57 Å². The Morgan fingerprint density at radius 2 is 1.12 bits per heavy atom. The maximum Gasteiger partial charge on any atom is 0.211 e. The van der Waals surface area contributed by atoms with Crippen molar-refractivity contribution in [2.45, 2.75) is 155 Å². The van der Waals surface area contributed by atoms with Gasteiger partial charge in [-0.1, -0.05) is 133 Å². The van der Waals surface area contributed by atoms with Crippen LogP contribution in [0.5, 0.6) is 0 Å². The van der Waals surface area contributed by atoms with Crippen LogP contribution in [-0.4, -0.2) is 11.8 Å². The van der Waals surface area contributed by atoms with E-state index in [4.69, 9.17) is 4.42 Å². The normalized spacial score (nSPS) is 17.6. The number of anilines is 2. The zero-order chi connectivity index (χ0) is 51.6. The van der Waals surface area contributed by atoms with Gasteiger partial charge in [0, 0.05) is 63.4 Å². The van der Waals surface area contributed by atoms with Crippen LogP contribution in [0.15, 0.2) is 108 Å². The first-order valence-electron chi connectivity index (χ1n) is 27.4. The fraction of sp³-hybridized carbons (Fsp3) is 0.353. The lowest BCUT2D eigenvalue weighted by atomic mass is 9.62. The van der Waals surface area contributed by atoms with Gasteiger partial charge in [-0.05, 0) is 174 Å². The molecule has 1 N–H and O–H groups in total. The molecule has 5 heterocycles. The third-order valence-corrected chi connectivity index (χ3v) is 20.9. The van der Waals surface area contributed by atoms with Crippen molar-refractivity contribution < 1.29 is 4.42 Å².